The Balaban J connectivity index is 1.48. The van der Waals surface area contributed by atoms with Gasteiger partial charge < -0.3 is 72.5 Å². The molecule has 1 saturated heterocycles. The molecule has 1 fully saturated rings. The van der Waals surface area contributed by atoms with Crippen LogP contribution in [0.15, 0.2) is 35.4 Å². The third-order valence-corrected chi connectivity index (χ3v) is 17.1. The Morgan fingerprint density at radius 3 is 2.06 bits per heavy atom. The number of amides is 9. The quantitative estimate of drug-likeness (QED) is 0.0420. The maximum absolute atomic E-state index is 15.0. The van der Waals surface area contributed by atoms with Crippen molar-refractivity contribution in [2.24, 2.45) is 17.6 Å². The van der Waals surface area contributed by atoms with Gasteiger partial charge >= 0.3 is 5.97 Å². The SMILES string of the molecule is CCCCCCCC/C=C\CCCCCCCC(=O)OC[C@H](O)[C@H](C)[C@@H]1NC(=O)[C@@H]2C[C@@H](O)CN2C(=O)C[C@@H](C(N)=O)NC(=O)[C@@H]2CS(=O)c3[nH]c4cc(OC)ccc4c3C[C@H](NC1=O)C(=O)NCC(=O)NC([C@@H](C)CC)C(=O)NCC(=O)N2. The van der Waals surface area contributed by atoms with Gasteiger partial charge in [-0.15, -0.1) is 0 Å². The Morgan fingerprint density at radius 2 is 1.40 bits per heavy atom. The fourth-order valence-corrected chi connectivity index (χ4v) is 11.7. The lowest BCUT2D eigenvalue weighted by Gasteiger charge is -2.32. The van der Waals surface area contributed by atoms with Crippen LogP contribution in [0.5, 0.6) is 5.75 Å². The lowest BCUT2D eigenvalue weighted by atomic mass is 9.93. The van der Waals surface area contributed by atoms with Gasteiger partial charge in [0.2, 0.25) is 53.2 Å². The Morgan fingerprint density at radius 1 is 0.762 bits per heavy atom. The van der Waals surface area contributed by atoms with Crippen LogP contribution in [0, 0.1) is 11.8 Å². The molecule has 12 N–H and O–H groups in total. The maximum Gasteiger partial charge on any atom is 0.305 e. The van der Waals surface area contributed by atoms with E-state index in [-0.39, 0.29) is 23.4 Å². The summed E-state index contributed by atoms with van der Waals surface area (Å²) < 4.78 is 25.8. The molecule has 466 valence electrons. The summed E-state index contributed by atoms with van der Waals surface area (Å²) in [6, 6.07) is -5.21. The molecule has 25 nitrogen and oxygen atoms in total. The highest BCUT2D eigenvalue weighted by molar-refractivity contribution is 7.85. The van der Waals surface area contributed by atoms with Crippen LogP contribution in [-0.2, 0) is 69.9 Å². The number of esters is 1. The Labute approximate surface area is 493 Å². The molecule has 0 saturated carbocycles. The lowest BCUT2D eigenvalue weighted by Crippen LogP contribution is -2.60. The van der Waals surface area contributed by atoms with Crippen molar-refractivity contribution >= 4 is 80.8 Å². The third-order valence-electron chi connectivity index (χ3n) is 15.7. The number of aromatic amines is 1. The Bertz CT molecular complexity index is 2680. The summed E-state index contributed by atoms with van der Waals surface area (Å²) in [5.74, 6) is -12.0. The van der Waals surface area contributed by atoms with E-state index in [1.807, 2.05) is 0 Å². The number of aliphatic hydroxyl groups excluding tert-OH is 2. The van der Waals surface area contributed by atoms with E-state index < -0.39 is 175 Å². The van der Waals surface area contributed by atoms with Crippen LogP contribution >= 0.6 is 0 Å². The number of nitrogens with zero attached hydrogens (tertiary/aromatic N) is 1. The number of H-pyrrole nitrogens is 1. The average Bonchev–Trinajstić information content (AvgIpc) is 3.64. The molecule has 3 aliphatic heterocycles. The summed E-state index contributed by atoms with van der Waals surface area (Å²) in [6.45, 7) is 4.41. The van der Waals surface area contributed by atoms with Gasteiger partial charge in [-0.1, -0.05) is 97.6 Å². The number of benzene rings is 1. The van der Waals surface area contributed by atoms with Crippen molar-refractivity contribution in [1.29, 1.82) is 0 Å². The third kappa shape index (κ3) is 20.4. The minimum absolute atomic E-state index is 0.0526. The molecule has 11 atom stereocenters. The molecule has 0 radical (unpaired) electrons. The molecule has 1 aromatic heterocycles. The van der Waals surface area contributed by atoms with E-state index in [9.17, 15) is 57.6 Å². The van der Waals surface area contributed by atoms with Crippen molar-refractivity contribution in [2.45, 2.75) is 197 Å². The number of methoxy groups -OCH3 is 1. The number of hydrogen-bond donors (Lipinski definition) is 11. The van der Waals surface area contributed by atoms with Crippen LogP contribution in [0.25, 0.3) is 10.9 Å². The highest BCUT2D eigenvalue weighted by Gasteiger charge is 2.44. The molecule has 0 spiro atoms. The largest absolute Gasteiger partial charge is 0.497 e. The zero-order valence-corrected chi connectivity index (χ0v) is 49.9. The van der Waals surface area contributed by atoms with Crippen LogP contribution in [0.2, 0.25) is 0 Å². The monoisotopic (exact) mass is 1200 g/mol. The van der Waals surface area contributed by atoms with Crippen LogP contribution < -0.4 is 47.7 Å². The van der Waals surface area contributed by atoms with Crippen LogP contribution in [0.3, 0.4) is 0 Å². The van der Waals surface area contributed by atoms with Gasteiger partial charge in [0.25, 0.3) is 0 Å². The second-order valence-corrected chi connectivity index (χ2v) is 23.6. The number of carbonyl (C=O) groups is 10. The van der Waals surface area contributed by atoms with Gasteiger partial charge in [-0.3, -0.25) is 52.2 Å². The normalized spacial score (nSPS) is 24.7. The van der Waals surface area contributed by atoms with E-state index in [0.717, 1.165) is 43.4 Å². The number of aromatic nitrogens is 1. The van der Waals surface area contributed by atoms with Crippen molar-refractivity contribution in [2.75, 3.05) is 39.1 Å². The van der Waals surface area contributed by atoms with Crippen molar-refractivity contribution in [1.82, 2.24) is 47.1 Å². The highest BCUT2D eigenvalue weighted by Crippen LogP contribution is 2.30. The van der Waals surface area contributed by atoms with Crippen LogP contribution in [0.4, 0.5) is 0 Å². The summed E-state index contributed by atoms with van der Waals surface area (Å²) in [5, 5.41) is 40.3. The topological polar surface area (TPSA) is 376 Å². The molecule has 4 heterocycles. The Hall–Kier alpha value is -6.93. The fraction of sp³-hybridized carbons (Fsp3) is 0.655. The van der Waals surface area contributed by atoms with E-state index in [2.05, 4.69) is 61.3 Å². The number of ether oxygens (including phenoxy) is 2. The molecule has 26 heteroatoms. The van der Waals surface area contributed by atoms with E-state index in [4.69, 9.17) is 15.2 Å². The smallest absolute Gasteiger partial charge is 0.305 e. The number of carbonyl (C=O) groups excluding carboxylic acids is 10. The molecule has 3 aliphatic rings. The molecular formula is C58H88N10O15S. The number of rotatable bonds is 23. The number of unbranched alkanes of at least 4 members (excludes halogenated alkanes) is 11. The first-order chi connectivity index (χ1) is 40.1. The molecule has 0 aliphatic carbocycles. The number of hydrogen-bond acceptors (Lipinski definition) is 15. The minimum atomic E-state index is -2.37. The maximum atomic E-state index is 15.0. The molecule has 1 aromatic carbocycles. The first kappa shape index (κ1) is 67.9. The number of allylic oxidation sites excluding steroid dienone is 2. The van der Waals surface area contributed by atoms with Gasteiger partial charge in [-0.05, 0) is 55.7 Å². The van der Waals surface area contributed by atoms with Gasteiger partial charge in [0, 0.05) is 43.2 Å². The number of fused-ring (bicyclic) bond motifs is 5. The molecule has 5 rings (SSSR count). The van der Waals surface area contributed by atoms with Crippen molar-refractivity contribution in [3.05, 3.63) is 35.9 Å². The van der Waals surface area contributed by atoms with Crippen molar-refractivity contribution in [3.63, 3.8) is 0 Å². The van der Waals surface area contributed by atoms with Gasteiger partial charge in [0.05, 0.1) is 60.9 Å². The summed E-state index contributed by atoms with van der Waals surface area (Å²) in [4.78, 5) is 143. The summed E-state index contributed by atoms with van der Waals surface area (Å²) in [5.41, 5.74) is 6.17. The first-order valence-corrected chi connectivity index (χ1v) is 30.9. The van der Waals surface area contributed by atoms with Gasteiger partial charge in [-0.2, -0.15) is 0 Å². The predicted octanol–water partition coefficient (Wildman–Crippen LogP) is 0.971. The van der Waals surface area contributed by atoms with E-state index in [1.165, 1.54) is 52.6 Å². The second kappa shape index (κ2) is 34.1. The predicted molar refractivity (Wildman–Crippen MR) is 310 cm³/mol. The second-order valence-electron chi connectivity index (χ2n) is 22.2. The summed E-state index contributed by atoms with van der Waals surface area (Å²) in [7, 11) is -0.965. The minimum Gasteiger partial charge on any atom is -0.497 e. The zero-order chi connectivity index (χ0) is 61.5. The first-order valence-electron chi connectivity index (χ1n) is 29.5. The average molecular weight is 1200 g/mol. The molecule has 2 bridgehead atoms. The molecular weight excluding hydrogens is 1110 g/mol. The standard InChI is InChI=1S/C58H88N10O15S/c1-6-8-9-10-11-12-13-14-15-16-17-18-19-20-21-22-49(74)83-32-45(70)35(4)51-57(80)64-42-27-39-38-24-23-37(82-5)26-40(38)65-58(39)84(81)33-43(62-46(71)29-61-56(79)50(34(3)7-2)66-47(72)30-60-53(42)76)54(77)63-41(52(59)75)28-48(73)68-31-36(69)25-44(68)55(78)67-51/h14-15,23-24,26,34-36,41-45,50-51,65,69-70H,6-13,16-22,25,27-33H2,1-5H3,(H2,59,75)(H,60,76)(H,61,79)(H,62,71)(H,63,77)(H,64,80)(H,66,72)(H,67,78)/b15-14-/t34-,35-,36+,41-,42-,43-,44-,45-,50?,51-,84?/m0/s1. The van der Waals surface area contributed by atoms with Crippen molar-refractivity contribution < 1.29 is 71.8 Å². The van der Waals surface area contributed by atoms with Crippen molar-refractivity contribution in [3.8, 4) is 5.75 Å². The number of primary amides is 1. The zero-order valence-electron chi connectivity index (χ0n) is 49.1. The number of nitrogens with two attached hydrogens (primary N) is 1. The van der Waals surface area contributed by atoms with Crippen LogP contribution in [0.1, 0.15) is 142 Å². The van der Waals surface area contributed by atoms with E-state index in [1.54, 1.807) is 32.0 Å². The lowest BCUT2D eigenvalue weighted by molar-refractivity contribution is -0.149. The molecule has 9 amide bonds. The molecule has 84 heavy (non-hydrogen) atoms. The molecule has 2 unspecified atom stereocenters. The number of nitrogens with one attached hydrogen (secondary N) is 8. The van der Waals surface area contributed by atoms with Gasteiger partial charge in [0.15, 0.2) is 0 Å². The summed E-state index contributed by atoms with van der Waals surface area (Å²) in [6.07, 6.45) is 14.1. The number of aliphatic hydroxyl groups is 2. The van der Waals surface area contributed by atoms with Gasteiger partial charge in [-0.25, -0.2) is 0 Å². The van der Waals surface area contributed by atoms with Crippen LogP contribution in [-0.4, -0.2) is 171 Å². The van der Waals surface area contributed by atoms with E-state index in [0.29, 0.717) is 29.5 Å². The molecule has 2 aromatic rings. The van der Waals surface area contributed by atoms with Gasteiger partial charge in [0.1, 0.15) is 53.6 Å². The highest BCUT2D eigenvalue weighted by atomic mass is 32.2. The fourth-order valence-electron chi connectivity index (χ4n) is 10.3. The summed E-state index contributed by atoms with van der Waals surface area (Å²) >= 11 is 0. The Kier molecular flexibility index (Phi) is 27.6. The van der Waals surface area contributed by atoms with E-state index >= 15 is 4.79 Å².